The first kappa shape index (κ1) is 15.5. The minimum absolute atomic E-state index is 0.0333. The molecule has 1 fully saturated rings. The number of rotatable bonds is 3. The van der Waals surface area contributed by atoms with E-state index < -0.39 is 29.7 Å². The molecule has 1 aromatic heterocycles. The van der Waals surface area contributed by atoms with Gasteiger partial charge in [-0.2, -0.15) is 18.4 Å². The fourth-order valence-corrected chi connectivity index (χ4v) is 2.94. The summed E-state index contributed by atoms with van der Waals surface area (Å²) in [7, 11) is 0. The number of carbonyl (C=O) groups excluding carboxylic acids is 1. The Morgan fingerprint density at radius 1 is 1.29 bits per heavy atom. The maximum absolute atomic E-state index is 13.1. The zero-order chi connectivity index (χ0) is 15.5. The van der Waals surface area contributed by atoms with Gasteiger partial charge in [0.25, 0.3) is 0 Å². The van der Waals surface area contributed by atoms with Crippen molar-refractivity contribution >= 4 is 5.78 Å². The molecule has 0 bridgehead atoms. The summed E-state index contributed by atoms with van der Waals surface area (Å²) in [6.45, 7) is 0. The standard InChI is InChI=1S/C15H15F3N2O/c16-15(17,18)13-4-2-1-3-11(13)14(21)12(9-19)10-5-7-20-8-6-10/h5-8,11-13H,1-4H2. The second kappa shape index (κ2) is 6.25. The van der Waals surface area contributed by atoms with E-state index >= 15 is 0 Å². The van der Waals surface area contributed by atoms with Gasteiger partial charge in [-0.25, -0.2) is 0 Å². The molecule has 0 aliphatic heterocycles. The zero-order valence-corrected chi connectivity index (χ0v) is 11.3. The van der Waals surface area contributed by atoms with Gasteiger partial charge >= 0.3 is 6.18 Å². The fourth-order valence-electron chi connectivity index (χ4n) is 2.94. The molecule has 1 aromatic rings. The van der Waals surface area contributed by atoms with Crippen LogP contribution >= 0.6 is 0 Å². The van der Waals surface area contributed by atoms with E-state index in [1.807, 2.05) is 6.07 Å². The molecular formula is C15H15F3N2O. The van der Waals surface area contributed by atoms with Crippen LogP contribution in [0.4, 0.5) is 13.2 Å². The molecule has 3 atom stereocenters. The van der Waals surface area contributed by atoms with Gasteiger partial charge in [0.2, 0.25) is 0 Å². The average Bonchev–Trinajstić information content (AvgIpc) is 2.48. The summed E-state index contributed by atoms with van der Waals surface area (Å²) in [6.07, 6.45) is -0.304. The minimum Gasteiger partial charge on any atom is -0.298 e. The molecule has 0 N–H and O–H groups in total. The van der Waals surface area contributed by atoms with E-state index in [0.717, 1.165) is 0 Å². The lowest BCUT2D eigenvalue weighted by molar-refractivity contribution is -0.197. The van der Waals surface area contributed by atoms with Crippen molar-refractivity contribution in [3.8, 4) is 6.07 Å². The Labute approximate surface area is 120 Å². The van der Waals surface area contributed by atoms with Crippen molar-refractivity contribution in [2.45, 2.75) is 37.8 Å². The first-order valence-corrected chi connectivity index (χ1v) is 6.85. The van der Waals surface area contributed by atoms with E-state index in [-0.39, 0.29) is 12.8 Å². The monoisotopic (exact) mass is 296 g/mol. The molecule has 3 unspecified atom stereocenters. The number of nitrogens with zero attached hydrogens (tertiary/aromatic N) is 2. The zero-order valence-electron chi connectivity index (χ0n) is 11.3. The van der Waals surface area contributed by atoms with Gasteiger partial charge in [-0.05, 0) is 30.5 Å². The van der Waals surface area contributed by atoms with Crippen molar-refractivity contribution in [2.75, 3.05) is 0 Å². The second-order valence-corrected chi connectivity index (χ2v) is 5.28. The Bertz CT molecular complexity index is 536. The molecule has 1 aliphatic rings. The fraction of sp³-hybridized carbons (Fsp3) is 0.533. The Balaban J connectivity index is 2.26. The van der Waals surface area contributed by atoms with E-state index in [0.29, 0.717) is 18.4 Å². The Morgan fingerprint density at radius 3 is 2.48 bits per heavy atom. The molecule has 6 heteroatoms. The molecule has 0 radical (unpaired) electrons. The number of pyridine rings is 1. The van der Waals surface area contributed by atoms with E-state index in [4.69, 9.17) is 0 Å². The maximum Gasteiger partial charge on any atom is 0.392 e. The summed E-state index contributed by atoms with van der Waals surface area (Å²) in [5.41, 5.74) is 0.406. The molecule has 1 saturated carbocycles. The molecule has 112 valence electrons. The number of nitriles is 1. The molecular weight excluding hydrogens is 281 g/mol. The van der Waals surface area contributed by atoms with Crippen LogP contribution in [0.3, 0.4) is 0 Å². The SMILES string of the molecule is N#CC(C(=O)C1CCCCC1C(F)(F)F)c1ccncc1. The van der Waals surface area contributed by atoms with Gasteiger partial charge in [-0.3, -0.25) is 9.78 Å². The number of ketones is 1. The minimum atomic E-state index is -4.39. The van der Waals surface area contributed by atoms with Crippen molar-refractivity contribution in [3.05, 3.63) is 30.1 Å². The van der Waals surface area contributed by atoms with Crippen LogP contribution in [-0.4, -0.2) is 16.9 Å². The molecule has 21 heavy (non-hydrogen) atoms. The number of hydrogen-bond donors (Lipinski definition) is 0. The van der Waals surface area contributed by atoms with E-state index in [9.17, 15) is 23.2 Å². The lowest BCUT2D eigenvalue weighted by Gasteiger charge is -2.32. The molecule has 1 heterocycles. The van der Waals surface area contributed by atoms with Crippen molar-refractivity contribution in [3.63, 3.8) is 0 Å². The first-order valence-electron chi connectivity index (χ1n) is 6.85. The van der Waals surface area contributed by atoms with E-state index in [2.05, 4.69) is 4.98 Å². The van der Waals surface area contributed by atoms with Crippen molar-refractivity contribution in [1.29, 1.82) is 5.26 Å². The highest BCUT2D eigenvalue weighted by atomic mass is 19.4. The van der Waals surface area contributed by atoms with Crippen LogP contribution in [0, 0.1) is 23.2 Å². The van der Waals surface area contributed by atoms with Crippen molar-refractivity contribution in [2.24, 2.45) is 11.8 Å². The Hall–Kier alpha value is -1.90. The number of alkyl halides is 3. The third-order valence-electron chi connectivity index (χ3n) is 4.00. The summed E-state index contributed by atoms with van der Waals surface area (Å²) in [4.78, 5) is 16.2. The number of Topliss-reactive ketones (excluding diaryl/α,β-unsaturated/α-hetero) is 1. The quantitative estimate of drug-likeness (QED) is 0.856. The van der Waals surface area contributed by atoms with Gasteiger partial charge in [0.1, 0.15) is 5.92 Å². The topological polar surface area (TPSA) is 53.8 Å². The number of carbonyl (C=O) groups is 1. The van der Waals surface area contributed by atoms with Gasteiger partial charge in [0.15, 0.2) is 5.78 Å². The van der Waals surface area contributed by atoms with Crippen LogP contribution in [0.15, 0.2) is 24.5 Å². The summed E-state index contributed by atoms with van der Waals surface area (Å²) >= 11 is 0. The number of aromatic nitrogens is 1. The van der Waals surface area contributed by atoms with Crippen LogP contribution < -0.4 is 0 Å². The van der Waals surface area contributed by atoms with E-state index in [1.165, 1.54) is 24.5 Å². The maximum atomic E-state index is 13.1. The molecule has 0 amide bonds. The van der Waals surface area contributed by atoms with Gasteiger partial charge < -0.3 is 0 Å². The second-order valence-electron chi connectivity index (χ2n) is 5.28. The van der Waals surface area contributed by atoms with Crippen LogP contribution in [0.2, 0.25) is 0 Å². The van der Waals surface area contributed by atoms with Crippen molar-refractivity contribution < 1.29 is 18.0 Å². The predicted octanol–water partition coefficient (Wildman–Crippen LogP) is 3.63. The molecule has 1 aliphatic carbocycles. The lowest BCUT2D eigenvalue weighted by atomic mass is 9.73. The van der Waals surface area contributed by atoms with Crippen LogP contribution in [0.1, 0.15) is 37.2 Å². The Morgan fingerprint density at radius 2 is 1.90 bits per heavy atom. The smallest absolute Gasteiger partial charge is 0.298 e. The summed E-state index contributed by atoms with van der Waals surface area (Å²) in [5, 5.41) is 9.20. The van der Waals surface area contributed by atoms with Gasteiger partial charge in [-0.1, -0.05) is 12.8 Å². The van der Waals surface area contributed by atoms with Gasteiger partial charge in [-0.15, -0.1) is 0 Å². The average molecular weight is 296 g/mol. The normalized spacial score (nSPS) is 24.1. The third-order valence-corrected chi connectivity index (χ3v) is 4.00. The van der Waals surface area contributed by atoms with Gasteiger partial charge in [0.05, 0.1) is 12.0 Å². The number of hydrogen-bond acceptors (Lipinski definition) is 3. The third kappa shape index (κ3) is 3.41. The van der Waals surface area contributed by atoms with E-state index in [1.54, 1.807) is 0 Å². The lowest BCUT2D eigenvalue weighted by Crippen LogP contribution is -2.39. The highest BCUT2D eigenvalue weighted by Crippen LogP contribution is 2.43. The highest BCUT2D eigenvalue weighted by molar-refractivity contribution is 5.90. The van der Waals surface area contributed by atoms with Crippen molar-refractivity contribution in [1.82, 2.24) is 4.98 Å². The van der Waals surface area contributed by atoms with Crippen LogP contribution in [-0.2, 0) is 4.79 Å². The summed E-state index contributed by atoms with van der Waals surface area (Å²) in [6, 6.07) is 4.84. The largest absolute Gasteiger partial charge is 0.392 e. The summed E-state index contributed by atoms with van der Waals surface area (Å²) < 4.78 is 39.2. The molecule has 0 saturated heterocycles. The first-order chi connectivity index (χ1) is 9.95. The predicted molar refractivity (Wildman–Crippen MR) is 69.1 cm³/mol. The van der Waals surface area contributed by atoms with Gasteiger partial charge in [0, 0.05) is 18.3 Å². The Kier molecular flexibility index (Phi) is 4.61. The highest BCUT2D eigenvalue weighted by Gasteiger charge is 2.49. The molecule has 0 spiro atoms. The van der Waals surface area contributed by atoms with Crippen LogP contribution in [0.5, 0.6) is 0 Å². The summed E-state index contributed by atoms with van der Waals surface area (Å²) in [5.74, 6) is -4.51. The number of halogens is 3. The molecule has 3 nitrogen and oxygen atoms in total. The molecule has 2 rings (SSSR count). The molecule has 0 aromatic carbocycles. The van der Waals surface area contributed by atoms with Crippen LogP contribution in [0.25, 0.3) is 0 Å².